The number of aryl methyl sites for hydroxylation is 1. The van der Waals surface area contributed by atoms with Crippen LogP contribution in [0.2, 0.25) is 0 Å². The van der Waals surface area contributed by atoms with Crippen LogP contribution in [0.15, 0.2) is 24.3 Å². The van der Waals surface area contributed by atoms with Crippen LogP contribution in [-0.4, -0.2) is 33.7 Å². The molecule has 0 aromatic heterocycles. The first-order valence-corrected chi connectivity index (χ1v) is 7.53. The molecule has 6 heteroatoms. The van der Waals surface area contributed by atoms with E-state index in [9.17, 15) is 13.2 Å². The van der Waals surface area contributed by atoms with Crippen molar-refractivity contribution in [1.82, 2.24) is 10.0 Å². The van der Waals surface area contributed by atoms with Gasteiger partial charge in [-0.05, 0) is 18.1 Å². The van der Waals surface area contributed by atoms with Gasteiger partial charge in [0.2, 0.25) is 15.9 Å². The van der Waals surface area contributed by atoms with Crippen molar-refractivity contribution in [3.05, 3.63) is 35.4 Å². The van der Waals surface area contributed by atoms with Gasteiger partial charge in [-0.3, -0.25) is 4.79 Å². The first-order valence-electron chi connectivity index (χ1n) is 5.64. The Morgan fingerprint density at radius 1 is 1.22 bits per heavy atom. The molecule has 0 radical (unpaired) electrons. The Bertz CT molecular complexity index is 512. The van der Waals surface area contributed by atoms with E-state index in [0.717, 1.165) is 17.4 Å². The van der Waals surface area contributed by atoms with Crippen LogP contribution in [0.4, 0.5) is 0 Å². The smallest absolute Gasteiger partial charge is 0.224 e. The Morgan fingerprint density at radius 2 is 1.89 bits per heavy atom. The van der Waals surface area contributed by atoms with Crippen molar-refractivity contribution in [2.45, 2.75) is 13.3 Å². The van der Waals surface area contributed by atoms with Crippen LogP contribution >= 0.6 is 0 Å². The Morgan fingerprint density at radius 3 is 2.50 bits per heavy atom. The maximum Gasteiger partial charge on any atom is 0.224 e. The van der Waals surface area contributed by atoms with E-state index in [1.165, 1.54) is 0 Å². The highest BCUT2D eigenvalue weighted by molar-refractivity contribution is 7.88. The third-order valence-electron chi connectivity index (χ3n) is 2.42. The molecule has 0 saturated carbocycles. The van der Waals surface area contributed by atoms with E-state index < -0.39 is 10.0 Å². The van der Waals surface area contributed by atoms with E-state index in [0.29, 0.717) is 6.42 Å². The predicted molar refractivity (Wildman–Crippen MR) is 70.7 cm³/mol. The molecule has 1 rings (SSSR count). The highest BCUT2D eigenvalue weighted by Gasteiger charge is 2.05. The van der Waals surface area contributed by atoms with Gasteiger partial charge in [0.05, 0.1) is 12.7 Å². The third-order valence-corrected chi connectivity index (χ3v) is 3.15. The Balaban J connectivity index is 2.33. The molecule has 0 saturated heterocycles. The first-order chi connectivity index (χ1) is 8.38. The molecule has 0 aliphatic carbocycles. The SMILES string of the molecule is Cc1ccccc1CC(=O)NCCNS(C)(=O)=O. The van der Waals surface area contributed by atoms with Crippen molar-refractivity contribution in [1.29, 1.82) is 0 Å². The number of carbonyl (C=O) groups is 1. The third kappa shape index (κ3) is 5.79. The van der Waals surface area contributed by atoms with Gasteiger partial charge >= 0.3 is 0 Å². The summed E-state index contributed by atoms with van der Waals surface area (Å²) in [7, 11) is -3.19. The zero-order valence-corrected chi connectivity index (χ0v) is 11.4. The van der Waals surface area contributed by atoms with Crippen molar-refractivity contribution in [2.75, 3.05) is 19.3 Å². The lowest BCUT2D eigenvalue weighted by Gasteiger charge is -2.07. The Kier molecular flexibility index (Phi) is 5.30. The minimum atomic E-state index is -3.19. The first kappa shape index (κ1) is 14.7. The summed E-state index contributed by atoms with van der Waals surface area (Å²) in [6.07, 6.45) is 1.40. The molecule has 0 bridgehead atoms. The van der Waals surface area contributed by atoms with E-state index in [1.807, 2.05) is 31.2 Å². The van der Waals surface area contributed by atoms with Crippen LogP contribution in [0, 0.1) is 6.92 Å². The van der Waals surface area contributed by atoms with Crippen LogP contribution in [0.1, 0.15) is 11.1 Å². The fraction of sp³-hybridized carbons (Fsp3) is 0.417. The summed E-state index contributed by atoms with van der Waals surface area (Å²) in [5.41, 5.74) is 2.05. The topological polar surface area (TPSA) is 75.3 Å². The molecule has 2 N–H and O–H groups in total. The normalized spacial score (nSPS) is 11.2. The largest absolute Gasteiger partial charge is 0.355 e. The van der Waals surface area contributed by atoms with E-state index in [-0.39, 0.29) is 19.0 Å². The average molecular weight is 270 g/mol. The highest BCUT2D eigenvalue weighted by Crippen LogP contribution is 2.07. The molecule has 18 heavy (non-hydrogen) atoms. The lowest BCUT2D eigenvalue weighted by atomic mass is 10.1. The Hall–Kier alpha value is -1.40. The molecule has 0 heterocycles. The molecule has 1 amide bonds. The number of nitrogens with one attached hydrogen (secondary N) is 2. The van der Waals surface area contributed by atoms with Gasteiger partial charge in [0, 0.05) is 13.1 Å². The molecule has 0 aliphatic rings. The predicted octanol–water partition coefficient (Wildman–Crippen LogP) is 0.203. The van der Waals surface area contributed by atoms with Gasteiger partial charge in [0.25, 0.3) is 0 Å². The molecule has 0 aliphatic heterocycles. The van der Waals surface area contributed by atoms with E-state index in [2.05, 4.69) is 10.0 Å². The summed E-state index contributed by atoms with van der Waals surface area (Å²) < 4.78 is 23.9. The molecule has 0 unspecified atom stereocenters. The number of sulfonamides is 1. The molecule has 1 aromatic carbocycles. The Labute approximate surface area is 108 Å². The second-order valence-electron chi connectivity index (χ2n) is 4.12. The van der Waals surface area contributed by atoms with Gasteiger partial charge in [-0.2, -0.15) is 0 Å². The number of rotatable bonds is 6. The zero-order valence-electron chi connectivity index (χ0n) is 10.6. The lowest BCUT2D eigenvalue weighted by molar-refractivity contribution is -0.120. The van der Waals surface area contributed by atoms with Gasteiger partial charge in [0.1, 0.15) is 0 Å². The summed E-state index contributed by atoms with van der Waals surface area (Å²) in [6, 6.07) is 7.67. The van der Waals surface area contributed by atoms with Crippen molar-refractivity contribution >= 4 is 15.9 Å². The van der Waals surface area contributed by atoms with E-state index >= 15 is 0 Å². The number of carbonyl (C=O) groups excluding carboxylic acids is 1. The molecule has 0 fully saturated rings. The van der Waals surface area contributed by atoms with Gasteiger partial charge in [-0.15, -0.1) is 0 Å². The van der Waals surface area contributed by atoms with Gasteiger partial charge in [-0.1, -0.05) is 24.3 Å². The fourth-order valence-electron chi connectivity index (χ4n) is 1.48. The van der Waals surface area contributed by atoms with E-state index in [1.54, 1.807) is 0 Å². The molecule has 1 aromatic rings. The summed E-state index contributed by atoms with van der Waals surface area (Å²) >= 11 is 0. The van der Waals surface area contributed by atoms with Crippen molar-refractivity contribution < 1.29 is 13.2 Å². The molecule has 0 spiro atoms. The maximum atomic E-state index is 11.6. The van der Waals surface area contributed by atoms with Crippen LogP contribution in [0.3, 0.4) is 0 Å². The lowest BCUT2D eigenvalue weighted by Crippen LogP contribution is -2.34. The van der Waals surface area contributed by atoms with Gasteiger partial charge in [0.15, 0.2) is 0 Å². The second kappa shape index (κ2) is 6.51. The van der Waals surface area contributed by atoms with Crippen molar-refractivity contribution in [3.63, 3.8) is 0 Å². The standard InChI is InChI=1S/C12H18N2O3S/c1-10-5-3-4-6-11(10)9-12(15)13-7-8-14-18(2,16)17/h3-6,14H,7-9H2,1-2H3,(H,13,15). The zero-order chi connectivity index (χ0) is 13.6. The molecule has 5 nitrogen and oxygen atoms in total. The maximum absolute atomic E-state index is 11.6. The van der Waals surface area contributed by atoms with Crippen LogP contribution in [0.25, 0.3) is 0 Å². The summed E-state index contributed by atoms with van der Waals surface area (Å²) in [4.78, 5) is 11.6. The second-order valence-corrected chi connectivity index (χ2v) is 5.95. The summed E-state index contributed by atoms with van der Waals surface area (Å²) in [5.74, 6) is -0.111. The minimum Gasteiger partial charge on any atom is -0.355 e. The van der Waals surface area contributed by atoms with Crippen molar-refractivity contribution in [2.24, 2.45) is 0 Å². The monoisotopic (exact) mass is 270 g/mol. The van der Waals surface area contributed by atoms with Crippen molar-refractivity contribution in [3.8, 4) is 0 Å². The summed E-state index contributed by atoms with van der Waals surface area (Å²) in [5, 5.41) is 2.67. The molecular formula is C12H18N2O3S. The summed E-state index contributed by atoms with van der Waals surface area (Å²) in [6.45, 7) is 2.45. The number of amides is 1. The number of hydrogen-bond acceptors (Lipinski definition) is 3. The van der Waals surface area contributed by atoms with E-state index in [4.69, 9.17) is 0 Å². The van der Waals surface area contributed by atoms with Crippen LogP contribution < -0.4 is 10.0 Å². The van der Waals surface area contributed by atoms with Crippen LogP contribution in [-0.2, 0) is 21.2 Å². The minimum absolute atomic E-state index is 0.111. The molecular weight excluding hydrogens is 252 g/mol. The van der Waals surface area contributed by atoms with Gasteiger partial charge in [-0.25, -0.2) is 13.1 Å². The molecule has 100 valence electrons. The quantitative estimate of drug-likeness (QED) is 0.725. The number of hydrogen-bond donors (Lipinski definition) is 2. The number of benzene rings is 1. The van der Waals surface area contributed by atoms with Gasteiger partial charge < -0.3 is 5.32 Å². The van der Waals surface area contributed by atoms with Crippen LogP contribution in [0.5, 0.6) is 0 Å². The average Bonchev–Trinajstić information content (AvgIpc) is 2.26. The molecule has 0 atom stereocenters. The fourth-order valence-corrected chi connectivity index (χ4v) is 1.96. The highest BCUT2D eigenvalue weighted by atomic mass is 32.2.